The van der Waals surface area contributed by atoms with E-state index in [0.717, 1.165) is 6.07 Å². The number of hydrogen-bond donors (Lipinski definition) is 2. The van der Waals surface area contributed by atoms with Crippen molar-refractivity contribution >= 4 is 17.3 Å². The van der Waals surface area contributed by atoms with Crippen LogP contribution in [0, 0.1) is 0 Å². The number of pyridine rings is 1. The second kappa shape index (κ2) is 8.61. The van der Waals surface area contributed by atoms with E-state index < -0.39 is 11.7 Å². The van der Waals surface area contributed by atoms with Crippen LogP contribution in [0.5, 0.6) is 0 Å². The SMILES string of the molecule is CC(C)(C)c1ccc(N=C(N)C2=C(N)CCN(c3ncccc3C(F)(F)F)CC2)cc1. The van der Waals surface area contributed by atoms with Crippen molar-refractivity contribution in [3.63, 3.8) is 0 Å². The predicted octanol–water partition coefficient (Wildman–Crippen LogP) is 4.90. The van der Waals surface area contributed by atoms with E-state index in [-0.39, 0.29) is 11.2 Å². The highest BCUT2D eigenvalue weighted by Gasteiger charge is 2.36. The number of amidine groups is 1. The first kappa shape index (κ1) is 22.7. The first-order valence-corrected chi connectivity index (χ1v) is 10.2. The highest BCUT2D eigenvalue weighted by Crippen LogP contribution is 2.36. The lowest BCUT2D eigenvalue weighted by Crippen LogP contribution is -2.28. The number of nitrogens with two attached hydrogens (primary N) is 2. The first-order valence-electron chi connectivity index (χ1n) is 10.2. The van der Waals surface area contributed by atoms with E-state index >= 15 is 0 Å². The number of anilines is 1. The third-order valence-electron chi connectivity index (χ3n) is 5.35. The summed E-state index contributed by atoms with van der Waals surface area (Å²) in [5, 5.41) is 0. The molecule has 0 atom stereocenters. The molecule has 1 aliphatic rings. The molecule has 3 rings (SSSR count). The molecule has 0 amide bonds. The lowest BCUT2D eigenvalue weighted by molar-refractivity contribution is -0.137. The summed E-state index contributed by atoms with van der Waals surface area (Å²) in [5.41, 5.74) is 14.9. The van der Waals surface area contributed by atoms with E-state index in [0.29, 0.717) is 48.7 Å². The fraction of sp³-hybridized carbons (Fsp3) is 0.391. The Labute approximate surface area is 180 Å². The van der Waals surface area contributed by atoms with Gasteiger partial charge in [0, 0.05) is 37.0 Å². The number of benzene rings is 1. The quantitative estimate of drug-likeness (QED) is 0.535. The van der Waals surface area contributed by atoms with E-state index in [2.05, 4.69) is 30.7 Å². The summed E-state index contributed by atoms with van der Waals surface area (Å²) in [6, 6.07) is 10.2. The van der Waals surface area contributed by atoms with Crippen LogP contribution in [0.2, 0.25) is 0 Å². The average molecular weight is 432 g/mol. The minimum Gasteiger partial charge on any atom is -0.402 e. The second-order valence-corrected chi connectivity index (χ2v) is 8.66. The molecule has 0 saturated carbocycles. The summed E-state index contributed by atoms with van der Waals surface area (Å²) in [6.07, 6.45) is -2.35. The maximum absolute atomic E-state index is 13.4. The van der Waals surface area contributed by atoms with Crippen molar-refractivity contribution < 1.29 is 13.2 Å². The van der Waals surface area contributed by atoms with Gasteiger partial charge >= 0.3 is 6.18 Å². The third kappa shape index (κ3) is 5.37. The van der Waals surface area contributed by atoms with Crippen LogP contribution in [0.3, 0.4) is 0 Å². The Balaban J connectivity index is 1.80. The second-order valence-electron chi connectivity index (χ2n) is 8.66. The number of alkyl halides is 3. The molecule has 2 heterocycles. The van der Waals surface area contributed by atoms with Gasteiger partial charge in [-0.3, -0.25) is 0 Å². The Bertz CT molecular complexity index is 986. The number of aliphatic imine (C=N–C) groups is 1. The molecule has 0 bridgehead atoms. The van der Waals surface area contributed by atoms with Crippen LogP contribution < -0.4 is 16.4 Å². The normalized spacial score (nSPS) is 16.5. The molecular weight excluding hydrogens is 403 g/mol. The van der Waals surface area contributed by atoms with E-state index in [9.17, 15) is 13.2 Å². The number of aromatic nitrogens is 1. The molecule has 31 heavy (non-hydrogen) atoms. The molecule has 166 valence electrons. The minimum absolute atomic E-state index is 0.0340. The zero-order valence-electron chi connectivity index (χ0n) is 18.0. The van der Waals surface area contributed by atoms with Crippen molar-refractivity contribution in [2.24, 2.45) is 16.5 Å². The Morgan fingerprint density at radius 3 is 2.29 bits per heavy atom. The van der Waals surface area contributed by atoms with Gasteiger partial charge in [0.05, 0.1) is 11.3 Å². The van der Waals surface area contributed by atoms with Crippen LogP contribution in [0.15, 0.2) is 58.9 Å². The highest BCUT2D eigenvalue weighted by molar-refractivity contribution is 5.99. The van der Waals surface area contributed by atoms with E-state index in [1.807, 2.05) is 24.3 Å². The summed E-state index contributed by atoms with van der Waals surface area (Å²) in [7, 11) is 0. The lowest BCUT2D eigenvalue weighted by atomic mass is 9.87. The first-order chi connectivity index (χ1) is 14.5. The Kier molecular flexibility index (Phi) is 6.29. The highest BCUT2D eigenvalue weighted by atomic mass is 19.4. The molecule has 0 spiro atoms. The zero-order valence-corrected chi connectivity index (χ0v) is 18.0. The average Bonchev–Trinajstić information content (AvgIpc) is 2.89. The summed E-state index contributed by atoms with van der Waals surface area (Å²) in [5.74, 6) is 0.206. The van der Waals surface area contributed by atoms with Gasteiger partial charge in [-0.25, -0.2) is 9.98 Å². The smallest absolute Gasteiger partial charge is 0.402 e. The van der Waals surface area contributed by atoms with E-state index in [1.165, 1.54) is 17.8 Å². The van der Waals surface area contributed by atoms with Gasteiger partial charge in [0.2, 0.25) is 0 Å². The van der Waals surface area contributed by atoms with Gasteiger partial charge in [-0.05, 0) is 41.7 Å². The fourth-order valence-corrected chi connectivity index (χ4v) is 3.54. The van der Waals surface area contributed by atoms with Gasteiger partial charge in [0.1, 0.15) is 11.7 Å². The van der Waals surface area contributed by atoms with Crippen LogP contribution in [0.4, 0.5) is 24.7 Å². The van der Waals surface area contributed by atoms with Gasteiger partial charge in [-0.2, -0.15) is 13.2 Å². The summed E-state index contributed by atoms with van der Waals surface area (Å²) < 4.78 is 40.2. The van der Waals surface area contributed by atoms with Crippen molar-refractivity contribution in [3.8, 4) is 0 Å². The van der Waals surface area contributed by atoms with Gasteiger partial charge in [-0.1, -0.05) is 32.9 Å². The molecule has 0 fully saturated rings. The molecule has 8 heteroatoms. The van der Waals surface area contributed by atoms with E-state index in [1.54, 1.807) is 4.90 Å². The number of hydrogen-bond acceptors (Lipinski definition) is 4. The van der Waals surface area contributed by atoms with Gasteiger partial charge < -0.3 is 16.4 Å². The van der Waals surface area contributed by atoms with Crippen LogP contribution in [0.25, 0.3) is 0 Å². The Hall–Kier alpha value is -3.03. The van der Waals surface area contributed by atoms with Crippen molar-refractivity contribution in [2.45, 2.75) is 45.2 Å². The van der Waals surface area contributed by atoms with E-state index in [4.69, 9.17) is 11.5 Å². The number of halogens is 3. The van der Waals surface area contributed by atoms with Crippen LogP contribution >= 0.6 is 0 Å². The molecule has 0 radical (unpaired) electrons. The van der Waals surface area contributed by atoms with Gasteiger partial charge in [0.15, 0.2) is 0 Å². The molecule has 1 aromatic heterocycles. The molecule has 5 nitrogen and oxygen atoms in total. The van der Waals surface area contributed by atoms with Crippen molar-refractivity contribution in [2.75, 3.05) is 18.0 Å². The molecule has 0 unspecified atom stereocenters. The van der Waals surface area contributed by atoms with Crippen molar-refractivity contribution in [3.05, 3.63) is 65.0 Å². The molecule has 2 aromatic rings. The molecule has 0 aliphatic carbocycles. The molecule has 4 N–H and O–H groups in total. The standard InChI is InChI=1S/C23H28F3N5/c1-22(2,3)15-6-8-16(9-7-15)30-20(28)17-10-13-31(14-11-19(17)27)21-18(23(24,25)26)5-4-12-29-21/h4-9,12H,10-11,13-14,27H2,1-3H3,(H2,28,30). The topological polar surface area (TPSA) is 80.5 Å². The summed E-state index contributed by atoms with van der Waals surface area (Å²) in [4.78, 5) is 10.1. The minimum atomic E-state index is -4.47. The largest absolute Gasteiger partial charge is 0.419 e. The number of nitrogens with zero attached hydrogens (tertiary/aromatic N) is 3. The molecule has 1 aliphatic heterocycles. The van der Waals surface area contributed by atoms with Crippen LogP contribution in [-0.2, 0) is 11.6 Å². The van der Waals surface area contributed by atoms with Crippen LogP contribution in [-0.4, -0.2) is 23.9 Å². The van der Waals surface area contributed by atoms with Gasteiger partial charge in [0.25, 0.3) is 0 Å². The maximum Gasteiger partial charge on any atom is 0.419 e. The summed E-state index contributed by atoms with van der Waals surface area (Å²) >= 11 is 0. The van der Waals surface area contributed by atoms with Gasteiger partial charge in [-0.15, -0.1) is 0 Å². The summed E-state index contributed by atoms with van der Waals surface area (Å²) in [6.45, 7) is 7.04. The maximum atomic E-state index is 13.4. The molecular formula is C23H28F3N5. The third-order valence-corrected chi connectivity index (χ3v) is 5.35. The molecule has 0 saturated heterocycles. The monoisotopic (exact) mass is 431 g/mol. The van der Waals surface area contributed by atoms with Crippen molar-refractivity contribution in [1.29, 1.82) is 0 Å². The molecule has 1 aromatic carbocycles. The van der Waals surface area contributed by atoms with Crippen molar-refractivity contribution in [1.82, 2.24) is 4.98 Å². The fourth-order valence-electron chi connectivity index (χ4n) is 3.54. The van der Waals surface area contributed by atoms with Crippen LogP contribution in [0.1, 0.15) is 44.7 Å². The number of rotatable bonds is 3. The predicted molar refractivity (Wildman–Crippen MR) is 118 cm³/mol. The Morgan fingerprint density at radius 1 is 1.03 bits per heavy atom. The zero-order chi connectivity index (χ0) is 22.8. The Morgan fingerprint density at radius 2 is 1.68 bits per heavy atom. The lowest BCUT2D eigenvalue weighted by Gasteiger charge is -2.24.